The quantitative estimate of drug-likeness (QED) is 0.392. The van der Waals surface area contributed by atoms with Crippen LogP contribution in [0.5, 0.6) is 5.75 Å². The van der Waals surface area contributed by atoms with Gasteiger partial charge in [0.1, 0.15) is 11.4 Å². The molecule has 8 nitrogen and oxygen atoms in total. The number of hydrogen-bond donors (Lipinski definition) is 0. The van der Waals surface area contributed by atoms with E-state index in [1.54, 1.807) is 11.0 Å². The van der Waals surface area contributed by atoms with Crippen molar-refractivity contribution in [2.75, 3.05) is 39.3 Å². The Bertz CT molecular complexity index is 997. The van der Waals surface area contributed by atoms with Gasteiger partial charge in [0.15, 0.2) is 0 Å². The van der Waals surface area contributed by atoms with E-state index >= 15 is 0 Å². The van der Waals surface area contributed by atoms with Gasteiger partial charge in [-0.3, -0.25) is 9.88 Å². The molecule has 1 aliphatic heterocycles. The van der Waals surface area contributed by atoms with E-state index in [4.69, 9.17) is 9.47 Å². The van der Waals surface area contributed by atoms with E-state index in [2.05, 4.69) is 9.88 Å². The number of carbonyl (C=O) groups is 2. The smallest absolute Gasteiger partial charge is 0.545 e. The van der Waals surface area contributed by atoms with Gasteiger partial charge in [-0.15, -0.1) is 0 Å². The number of hydrogen-bond acceptors (Lipinski definition) is 7. The van der Waals surface area contributed by atoms with Crippen LogP contribution >= 0.6 is 0 Å². The predicted octanol–water partition coefficient (Wildman–Crippen LogP) is -0.0589. The molecule has 1 fully saturated rings. The summed E-state index contributed by atoms with van der Waals surface area (Å²) in [5.74, 6) is -0.445. The number of rotatable bonds is 8. The third-order valence-corrected chi connectivity index (χ3v) is 5.32. The Morgan fingerprint density at radius 2 is 1.74 bits per heavy atom. The average Bonchev–Trinajstić information content (AvgIpc) is 2.80. The summed E-state index contributed by atoms with van der Waals surface area (Å²) < 4.78 is 11.3. The molecule has 0 bridgehead atoms. The van der Waals surface area contributed by atoms with E-state index in [1.807, 2.05) is 51.1 Å². The number of benzene rings is 1. The minimum absolute atomic E-state index is 0. The molecule has 0 radical (unpaired) electrons. The van der Waals surface area contributed by atoms with Crippen LogP contribution in [-0.2, 0) is 4.74 Å². The Balaban J connectivity index is 0.00000432. The van der Waals surface area contributed by atoms with Gasteiger partial charge in [-0.25, -0.2) is 4.79 Å². The van der Waals surface area contributed by atoms with Crippen molar-refractivity contribution in [3.8, 4) is 5.75 Å². The molecule has 0 atom stereocenters. The van der Waals surface area contributed by atoms with Crippen molar-refractivity contribution in [3.63, 3.8) is 0 Å². The first-order valence-corrected chi connectivity index (χ1v) is 11.5. The van der Waals surface area contributed by atoms with Crippen LogP contribution in [-0.4, -0.2) is 71.8 Å². The fraction of sp³-hybridized carbons (Fsp3) is 0.423. The third kappa shape index (κ3) is 9.40. The second-order valence-electron chi connectivity index (χ2n) is 9.16. The standard InChI is InChI=1S/C26H33N3O5.Li/c1-26(2,3)34-25(32)29-16-14-28(15-17-29)13-4-18-33-22-9-6-20(7-10-22)5-8-21-19-27-12-11-23(21)24(30)31;/h5-12,19H,4,13-18H2,1-3H3,(H,30,31);/q;+1/p-1/b8-5+;. The maximum Gasteiger partial charge on any atom is 1.00 e. The van der Waals surface area contributed by atoms with Gasteiger partial charge in [-0.2, -0.15) is 0 Å². The second-order valence-corrected chi connectivity index (χ2v) is 9.16. The van der Waals surface area contributed by atoms with Gasteiger partial charge in [0.2, 0.25) is 0 Å². The van der Waals surface area contributed by atoms with E-state index in [9.17, 15) is 14.7 Å². The first-order valence-electron chi connectivity index (χ1n) is 11.5. The van der Waals surface area contributed by atoms with Gasteiger partial charge >= 0.3 is 25.0 Å². The van der Waals surface area contributed by atoms with E-state index in [0.717, 1.165) is 37.4 Å². The molecule has 1 aliphatic rings. The van der Waals surface area contributed by atoms with Crippen molar-refractivity contribution in [3.05, 3.63) is 59.4 Å². The number of aromatic nitrogens is 1. The number of nitrogens with zero attached hydrogens (tertiary/aromatic N) is 3. The molecule has 0 aliphatic carbocycles. The molecular formula is C26H32LiN3O5. The Morgan fingerprint density at radius 3 is 2.37 bits per heavy atom. The molecule has 3 rings (SSSR count). The van der Waals surface area contributed by atoms with Crippen molar-refractivity contribution in [2.45, 2.75) is 32.8 Å². The number of amides is 1. The summed E-state index contributed by atoms with van der Waals surface area (Å²) in [5.41, 5.74) is 1.05. The van der Waals surface area contributed by atoms with Gasteiger partial charge in [0.05, 0.1) is 12.6 Å². The van der Waals surface area contributed by atoms with Gasteiger partial charge in [0.25, 0.3) is 0 Å². The van der Waals surface area contributed by atoms with Crippen molar-refractivity contribution in [2.24, 2.45) is 0 Å². The molecule has 0 spiro atoms. The van der Waals surface area contributed by atoms with Gasteiger partial charge < -0.3 is 24.3 Å². The molecule has 2 aromatic rings. The number of ether oxygens (including phenoxy) is 2. The molecule has 9 heteroatoms. The van der Waals surface area contributed by atoms with Crippen LogP contribution in [0.25, 0.3) is 12.2 Å². The Hall–Kier alpha value is -2.79. The number of carbonyl (C=O) groups excluding carboxylic acids is 2. The summed E-state index contributed by atoms with van der Waals surface area (Å²) in [6, 6.07) is 9.03. The maximum atomic E-state index is 12.1. The summed E-state index contributed by atoms with van der Waals surface area (Å²) >= 11 is 0. The summed E-state index contributed by atoms with van der Waals surface area (Å²) in [4.78, 5) is 31.4. The monoisotopic (exact) mass is 473 g/mol. The van der Waals surface area contributed by atoms with Crippen LogP contribution < -0.4 is 28.7 Å². The number of carboxylic acid groups (broad SMARTS) is 1. The zero-order chi connectivity index (χ0) is 24.6. The molecule has 1 aromatic heterocycles. The number of piperazine rings is 1. The summed E-state index contributed by atoms with van der Waals surface area (Å²) in [6.45, 7) is 10.2. The number of aromatic carboxylic acids is 1. The fourth-order valence-corrected chi connectivity index (χ4v) is 3.55. The summed E-state index contributed by atoms with van der Waals surface area (Å²) in [5, 5.41) is 11.2. The number of pyridine rings is 1. The first kappa shape index (κ1) is 28.4. The third-order valence-electron chi connectivity index (χ3n) is 5.32. The molecule has 0 unspecified atom stereocenters. The Labute approximate surface area is 219 Å². The van der Waals surface area contributed by atoms with E-state index in [1.165, 1.54) is 18.5 Å². The zero-order valence-electron chi connectivity index (χ0n) is 21.0. The minimum atomic E-state index is -1.23. The fourth-order valence-electron chi connectivity index (χ4n) is 3.55. The molecule has 182 valence electrons. The normalized spacial score (nSPS) is 14.4. The van der Waals surface area contributed by atoms with Crippen molar-refractivity contribution in [1.29, 1.82) is 0 Å². The second kappa shape index (κ2) is 13.3. The van der Waals surface area contributed by atoms with Crippen LogP contribution in [0.15, 0.2) is 42.7 Å². The number of carboxylic acids is 1. The van der Waals surface area contributed by atoms with Crippen LogP contribution in [0, 0.1) is 0 Å². The van der Waals surface area contributed by atoms with Crippen LogP contribution in [0.2, 0.25) is 0 Å². The largest absolute Gasteiger partial charge is 1.00 e. The summed E-state index contributed by atoms with van der Waals surface area (Å²) in [7, 11) is 0. The molecule has 1 saturated heterocycles. The van der Waals surface area contributed by atoms with E-state index < -0.39 is 11.6 Å². The molecule has 1 aromatic carbocycles. The van der Waals surface area contributed by atoms with E-state index in [0.29, 0.717) is 25.3 Å². The Kier molecular flexibility index (Phi) is 10.8. The summed E-state index contributed by atoms with van der Waals surface area (Å²) in [6.07, 6.45) is 7.10. The zero-order valence-corrected chi connectivity index (χ0v) is 21.0. The minimum Gasteiger partial charge on any atom is -0.545 e. The predicted molar refractivity (Wildman–Crippen MR) is 128 cm³/mol. The van der Waals surface area contributed by atoms with Crippen molar-refractivity contribution < 1.29 is 43.0 Å². The average molecular weight is 473 g/mol. The Morgan fingerprint density at radius 1 is 1.06 bits per heavy atom. The maximum absolute atomic E-state index is 12.1. The van der Waals surface area contributed by atoms with Gasteiger partial charge in [-0.05, 0) is 51.0 Å². The van der Waals surface area contributed by atoms with Crippen LogP contribution in [0.3, 0.4) is 0 Å². The molecule has 0 N–H and O–H groups in total. The molecular weight excluding hydrogens is 441 g/mol. The first-order chi connectivity index (χ1) is 16.2. The topological polar surface area (TPSA) is 95.0 Å². The molecule has 2 heterocycles. The van der Waals surface area contributed by atoms with Gasteiger partial charge in [0, 0.05) is 56.2 Å². The molecule has 1 amide bonds. The van der Waals surface area contributed by atoms with Crippen molar-refractivity contribution >= 4 is 24.2 Å². The SMILES string of the molecule is CC(C)(C)OC(=O)N1CCN(CCCOc2ccc(/C=C/c3cnccc3C(=O)[O-])cc2)CC1.[Li+]. The van der Waals surface area contributed by atoms with Crippen molar-refractivity contribution in [1.82, 2.24) is 14.8 Å². The molecule has 35 heavy (non-hydrogen) atoms. The van der Waals surface area contributed by atoms with Gasteiger partial charge in [-0.1, -0.05) is 24.3 Å². The molecule has 0 saturated carbocycles. The van der Waals surface area contributed by atoms with E-state index in [-0.39, 0.29) is 30.5 Å². The van der Waals surface area contributed by atoms with Crippen LogP contribution in [0.1, 0.15) is 48.7 Å². The van der Waals surface area contributed by atoms with Crippen LogP contribution in [0.4, 0.5) is 4.79 Å².